The number of H-pyrrole nitrogens is 1. The van der Waals surface area contributed by atoms with E-state index in [1.807, 2.05) is 67.6 Å². The third kappa shape index (κ3) is 3.40. The van der Waals surface area contributed by atoms with Crippen molar-refractivity contribution in [3.05, 3.63) is 83.2 Å². The van der Waals surface area contributed by atoms with Crippen molar-refractivity contribution < 1.29 is 9.59 Å². The number of amides is 3. The number of allylic oxidation sites excluding steroid dienone is 1. The molecule has 31 heavy (non-hydrogen) atoms. The Balaban J connectivity index is 1.51. The second-order valence-electron chi connectivity index (χ2n) is 7.70. The van der Waals surface area contributed by atoms with Gasteiger partial charge in [-0.25, -0.2) is 4.79 Å². The van der Waals surface area contributed by atoms with Crippen molar-refractivity contribution in [3.63, 3.8) is 0 Å². The minimum absolute atomic E-state index is 0.274. The number of aromatic nitrogens is 2. The van der Waals surface area contributed by atoms with E-state index in [9.17, 15) is 9.59 Å². The van der Waals surface area contributed by atoms with Gasteiger partial charge in [-0.05, 0) is 54.4 Å². The fourth-order valence-corrected chi connectivity index (χ4v) is 4.05. The smallest absolute Gasteiger partial charge is 0.319 e. The second-order valence-corrected chi connectivity index (χ2v) is 7.70. The summed E-state index contributed by atoms with van der Waals surface area (Å²) in [6, 6.07) is 18.7. The Morgan fingerprint density at radius 3 is 2.65 bits per heavy atom. The number of anilines is 1. The molecule has 1 aliphatic rings. The van der Waals surface area contributed by atoms with Crippen LogP contribution in [-0.4, -0.2) is 22.1 Å². The van der Waals surface area contributed by atoms with Gasteiger partial charge in [-0.3, -0.25) is 9.89 Å². The zero-order valence-electron chi connectivity index (χ0n) is 17.1. The average Bonchev–Trinajstić information content (AvgIpc) is 3.13. The molecule has 3 amide bonds. The molecule has 0 radical (unpaired) electrons. The number of carbonyl (C=O) groups is 2. The molecule has 0 saturated carbocycles. The van der Waals surface area contributed by atoms with E-state index in [-0.39, 0.29) is 11.9 Å². The van der Waals surface area contributed by atoms with E-state index in [1.165, 1.54) is 0 Å². The molecule has 0 bridgehead atoms. The van der Waals surface area contributed by atoms with Crippen molar-refractivity contribution in [2.24, 2.45) is 0 Å². The fraction of sp³-hybridized carbons (Fsp3) is 0.125. The van der Waals surface area contributed by atoms with E-state index in [0.717, 1.165) is 32.9 Å². The van der Waals surface area contributed by atoms with Crippen LogP contribution in [0, 0.1) is 6.92 Å². The third-order valence-electron chi connectivity index (χ3n) is 5.63. The molecule has 1 aliphatic heterocycles. The number of carbonyl (C=O) groups excluding carboxylic acids is 2. The van der Waals surface area contributed by atoms with Crippen molar-refractivity contribution in [2.45, 2.75) is 19.9 Å². The van der Waals surface area contributed by atoms with Crippen LogP contribution in [0.2, 0.25) is 0 Å². The van der Waals surface area contributed by atoms with E-state index in [4.69, 9.17) is 0 Å². The monoisotopic (exact) mass is 411 g/mol. The van der Waals surface area contributed by atoms with E-state index < -0.39 is 6.04 Å². The molecule has 3 aromatic carbocycles. The molecule has 7 heteroatoms. The molecular formula is C24H21N5O2. The van der Waals surface area contributed by atoms with Gasteiger partial charge in [-0.15, -0.1) is 0 Å². The van der Waals surface area contributed by atoms with Gasteiger partial charge in [0.05, 0.1) is 22.8 Å². The van der Waals surface area contributed by atoms with Crippen LogP contribution in [0.4, 0.5) is 10.5 Å². The standard InChI is InChI=1S/C24H21N5O2/c1-13-19-12-18(9-10-20(19)29-28-13)26-23(30)21-14(2)25-24(31)27-22(21)17-8-7-15-5-3-4-6-16(15)11-17/h3-12,22H,1-2H3,(H,26,30)(H,28,29)(H2,25,27,31). The van der Waals surface area contributed by atoms with Gasteiger partial charge >= 0.3 is 6.03 Å². The molecule has 4 aromatic rings. The summed E-state index contributed by atoms with van der Waals surface area (Å²) in [5.41, 5.74) is 4.28. The van der Waals surface area contributed by atoms with Gasteiger partial charge in [-0.1, -0.05) is 36.4 Å². The number of hydrogen-bond donors (Lipinski definition) is 4. The summed E-state index contributed by atoms with van der Waals surface area (Å²) in [5.74, 6) is -0.274. The SMILES string of the molecule is CC1=C(C(=O)Nc2ccc3[nH]nc(C)c3c2)C(c2ccc3ccccc3c2)NC(=O)N1. The summed E-state index contributed by atoms with van der Waals surface area (Å²) in [4.78, 5) is 25.5. The number of fused-ring (bicyclic) bond motifs is 2. The molecule has 5 rings (SSSR count). The highest BCUT2D eigenvalue weighted by Crippen LogP contribution is 2.30. The van der Waals surface area contributed by atoms with E-state index in [0.29, 0.717) is 17.0 Å². The highest BCUT2D eigenvalue weighted by molar-refractivity contribution is 6.07. The fourth-order valence-electron chi connectivity index (χ4n) is 4.05. The largest absolute Gasteiger partial charge is 0.327 e. The van der Waals surface area contributed by atoms with Gasteiger partial charge in [0.2, 0.25) is 0 Å². The Kier molecular flexibility index (Phi) is 4.43. The highest BCUT2D eigenvalue weighted by atomic mass is 16.2. The molecular weight excluding hydrogens is 390 g/mol. The summed E-state index contributed by atoms with van der Waals surface area (Å²) in [6.07, 6.45) is 0. The third-order valence-corrected chi connectivity index (χ3v) is 5.63. The minimum atomic E-state index is -0.558. The quantitative estimate of drug-likeness (QED) is 0.405. The maximum atomic E-state index is 13.3. The molecule has 1 unspecified atom stereocenters. The normalized spacial score (nSPS) is 16.3. The lowest BCUT2D eigenvalue weighted by atomic mass is 9.93. The lowest BCUT2D eigenvalue weighted by Gasteiger charge is -2.29. The van der Waals surface area contributed by atoms with Gasteiger partial charge < -0.3 is 16.0 Å². The first-order valence-electron chi connectivity index (χ1n) is 10.0. The Hall–Kier alpha value is -4.13. The van der Waals surface area contributed by atoms with Gasteiger partial charge in [0.25, 0.3) is 5.91 Å². The Morgan fingerprint density at radius 1 is 1.00 bits per heavy atom. The van der Waals surface area contributed by atoms with E-state index in [2.05, 4.69) is 26.1 Å². The minimum Gasteiger partial charge on any atom is -0.327 e. The first-order valence-corrected chi connectivity index (χ1v) is 10.0. The number of aromatic amines is 1. The van der Waals surface area contributed by atoms with Crippen LogP contribution in [0.15, 0.2) is 71.9 Å². The number of nitrogens with one attached hydrogen (secondary N) is 4. The van der Waals surface area contributed by atoms with Crippen LogP contribution in [-0.2, 0) is 4.79 Å². The predicted octanol–water partition coefficient (Wildman–Crippen LogP) is 4.29. The maximum Gasteiger partial charge on any atom is 0.319 e. The zero-order valence-corrected chi connectivity index (χ0v) is 17.1. The molecule has 1 atom stereocenters. The molecule has 0 fully saturated rings. The van der Waals surface area contributed by atoms with E-state index >= 15 is 0 Å². The van der Waals surface area contributed by atoms with Crippen molar-refractivity contribution >= 4 is 39.3 Å². The molecule has 0 saturated heterocycles. The van der Waals surface area contributed by atoms with Crippen LogP contribution < -0.4 is 16.0 Å². The Labute approximate surface area is 178 Å². The molecule has 0 spiro atoms. The van der Waals surface area contributed by atoms with Crippen LogP contribution in [0.5, 0.6) is 0 Å². The number of rotatable bonds is 3. The summed E-state index contributed by atoms with van der Waals surface area (Å²) < 4.78 is 0. The first kappa shape index (κ1) is 18.9. The summed E-state index contributed by atoms with van der Waals surface area (Å²) in [7, 11) is 0. The number of hydrogen-bond acceptors (Lipinski definition) is 3. The highest BCUT2D eigenvalue weighted by Gasteiger charge is 2.31. The van der Waals surface area contributed by atoms with Crippen molar-refractivity contribution in [3.8, 4) is 0 Å². The van der Waals surface area contributed by atoms with Crippen LogP contribution in [0.1, 0.15) is 24.2 Å². The summed E-state index contributed by atoms with van der Waals surface area (Å²) >= 11 is 0. The molecule has 2 heterocycles. The van der Waals surface area contributed by atoms with Crippen molar-refractivity contribution in [1.82, 2.24) is 20.8 Å². The topological polar surface area (TPSA) is 98.9 Å². The van der Waals surface area contributed by atoms with Gasteiger partial charge in [-0.2, -0.15) is 5.10 Å². The first-order chi connectivity index (χ1) is 15.0. The van der Waals surface area contributed by atoms with Crippen LogP contribution in [0.25, 0.3) is 21.7 Å². The van der Waals surface area contributed by atoms with Gasteiger partial charge in [0.1, 0.15) is 0 Å². The lowest BCUT2D eigenvalue weighted by molar-refractivity contribution is -0.113. The number of aryl methyl sites for hydroxylation is 1. The van der Waals surface area contributed by atoms with E-state index in [1.54, 1.807) is 6.92 Å². The molecule has 0 aliphatic carbocycles. The molecule has 4 N–H and O–H groups in total. The van der Waals surface area contributed by atoms with Crippen LogP contribution in [0.3, 0.4) is 0 Å². The number of benzene rings is 3. The Bertz CT molecular complexity index is 1390. The number of nitrogens with zero attached hydrogens (tertiary/aromatic N) is 1. The van der Waals surface area contributed by atoms with Crippen molar-refractivity contribution in [2.75, 3.05) is 5.32 Å². The van der Waals surface area contributed by atoms with Gasteiger partial charge in [0, 0.05) is 16.8 Å². The maximum absolute atomic E-state index is 13.3. The molecule has 7 nitrogen and oxygen atoms in total. The second kappa shape index (κ2) is 7.28. The van der Waals surface area contributed by atoms with Gasteiger partial charge in [0.15, 0.2) is 0 Å². The van der Waals surface area contributed by atoms with Crippen LogP contribution >= 0.6 is 0 Å². The average molecular weight is 411 g/mol. The number of urea groups is 1. The summed E-state index contributed by atoms with van der Waals surface area (Å²) in [6.45, 7) is 3.65. The molecule has 1 aromatic heterocycles. The van der Waals surface area contributed by atoms with Crippen molar-refractivity contribution in [1.29, 1.82) is 0 Å². The zero-order chi connectivity index (χ0) is 21.5. The predicted molar refractivity (Wildman–Crippen MR) is 121 cm³/mol. The lowest BCUT2D eigenvalue weighted by Crippen LogP contribution is -2.45. The Morgan fingerprint density at radius 2 is 1.81 bits per heavy atom. The molecule has 154 valence electrons. The summed E-state index contributed by atoms with van der Waals surface area (Å²) in [5, 5.41) is 18.8.